The lowest BCUT2D eigenvalue weighted by molar-refractivity contribution is 0.0486. The number of aromatic nitrogens is 1. The van der Waals surface area contributed by atoms with Crippen LogP contribution in [0.15, 0.2) is 48.5 Å². The zero-order valence-electron chi connectivity index (χ0n) is 13.8. The van der Waals surface area contributed by atoms with Gasteiger partial charge in [-0.15, -0.1) is 0 Å². The summed E-state index contributed by atoms with van der Waals surface area (Å²) in [7, 11) is 0. The largest absolute Gasteiger partial charge is 0.477 e. The number of nitrogens with zero attached hydrogens (tertiary/aromatic N) is 1. The summed E-state index contributed by atoms with van der Waals surface area (Å²) in [5.41, 5.74) is 0.956. The van der Waals surface area contributed by atoms with Crippen LogP contribution in [0.2, 0.25) is 0 Å². The number of hydrogen-bond acceptors (Lipinski definition) is 4. The second-order valence-electron chi connectivity index (χ2n) is 6.15. The monoisotopic (exact) mass is 340 g/mol. The van der Waals surface area contributed by atoms with E-state index in [0.717, 1.165) is 12.8 Å². The number of rotatable bonds is 5. The fourth-order valence-corrected chi connectivity index (χ4v) is 3.14. The molecular weight excluding hydrogens is 320 g/mol. The Morgan fingerprint density at radius 1 is 1.04 bits per heavy atom. The molecule has 1 aliphatic heterocycles. The summed E-state index contributed by atoms with van der Waals surface area (Å²) in [6.07, 6.45) is 1.64. The number of aromatic carboxylic acids is 1. The molecule has 6 heteroatoms. The molecule has 2 heterocycles. The summed E-state index contributed by atoms with van der Waals surface area (Å²) in [4.78, 5) is 27.3. The molecule has 0 spiro atoms. The van der Waals surface area contributed by atoms with Crippen molar-refractivity contribution in [2.75, 3.05) is 19.8 Å². The summed E-state index contributed by atoms with van der Waals surface area (Å²) in [5.74, 6) is -1.52. The molecule has 0 saturated carbocycles. The summed E-state index contributed by atoms with van der Waals surface area (Å²) < 4.78 is 5.49. The highest BCUT2D eigenvalue weighted by molar-refractivity contribution is 5.94. The van der Waals surface area contributed by atoms with E-state index in [2.05, 4.69) is 22.4 Å². The van der Waals surface area contributed by atoms with E-state index < -0.39 is 5.97 Å². The number of carboxylic acids is 1. The number of nitrogens with one attached hydrogen (secondary N) is 1. The van der Waals surface area contributed by atoms with E-state index in [1.54, 1.807) is 0 Å². The van der Waals surface area contributed by atoms with Gasteiger partial charge >= 0.3 is 5.97 Å². The first-order valence-corrected chi connectivity index (χ1v) is 8.23. The molecule has 0 aliphatic carbocycles. The average Bonchev–Trinajstić information content (AvgIpc) is 2.67. The smallest absolute Gasteiger partial charge is 0.354 e. The standard InChI is InChI=1S/C19H20N2O4/c22-17(15-7-4-8-16(21-15)18(23)24)20-13-19(9-11-25-12-10-19)14-5-2-1-3-6-14/h1-8H,9-13H2,(H,20,22)(H,23,24). The van der Waals surface area contributed by atoms with Gasteiger partial charge in [0.15, 0.2) is 0 Å². The van der Waals surface area contributed by atoms with Gasteiger partial charge < -0.3 is 15.2 Å². The molecular formula is C19H20N2O4. The maximum Gasteiger partial charge on any atom is 0.354 e. The predicted molar refractivity (Wildman–Crippen MR) is 91.7 cm³/mol. The van der Waals surface area contributed by atoms with Crippen molar-refractivity contribution in [3.8, 4) is 0 Å². The van der Waals surface area contributed by atoms with Crippen molar-refractivity contribution in [1.29, 1.82) is 0 Å². The lowest BCUT2D eigenvalue weighted by atomic mass is 9.74. The maximum atomic E-state index is 12.4. The highest BCUT2D eigenvalue weighted by Crippen LogP contribution is 2.34. The van der Waals surface area contributed by atoms with Gasteiger partial charge in [-0.3, -0.25) is 4.79 Å². The SMILES string of the molecule is O=C(O)c1cccc(C(=O)NCC2(c3ccccc3)CCOCC2)n1. The number of ether oxygens (including phenoxy) is 1. The zero-order chi connectivity index (χ0) is 17.7. The second kappa shape index (κ2) is 7.44. The first-order chi connectivity index (χ1) is 12.1. The average molecular weight is 340 g/mol. The molecule has 0 atom stereocenters. The summed E-state index contributed by atoms with van der Waals surface area (Å²) in [6.45, 7) is 1.76. The molecule has 1 aliphatic rings. The third-order valence-electron chi connectivity index (χ3n) is 4.62. The third-order valence-corrected chi connectivity index (χ3v) is 4.62. The molecule has 2 N–H and O–H groups in total. The fraction of sp³-hybridized carbons (Fsp3) is 0.316. The number of amides is 1. The van der Waals surface area contributed by atoms with Crippen LogP contribution in [0.5, 0.6) is 0 Å². The van der Waals surface area contributed by atoms with Gasteiger partial charge in [-0.2, -0.15) is 0 Å². The van der Waals surface area contributed by atoms with Crippen molar-refractivity contribution < 1.29 is 19.4 Å². The third kappa shape index (κ3) is 3.85. The maximum absolute atomic E-state index is 12.4. The van der Waals surface area contributed by atoms with Gasteiger partial charge in [-0.05, 0) is 30.5 Å². The molecule has 1 fully saturated rings. The molecule has 1 amide bonds. The minimum absolute atomic E-state index is 0.107. The number of carboxylic acid groups (broad SMARTS) is 1. The Bertz CT molecular complexity index is 755. The molecule has 6 nitrogen and oxygen atoms in total. The summed E-state index contributed by atoms with van der Waals surface area (Å²) in [5, 5.41) is 11.9. The van der Waals surface area contributed by atoms with Crippen molar-refractivity contribution in [1.82, 2.24) is 10.3 Å². The van der Waals surface area contributed by atoms with Gasteiger partial charge in [0.2, 0.25) is 0 Å². The number of benzene rings is 1. The number of hydrogen-bond donors (Lipinski definition) is 2. The number of carbonyl (C=O) groups excluding carboxylic acids is 1. The molecule has 0 radical (unpaired) electrons. The normalized spacial score (nSPS) is 16.2. The van der Waals surface area contributed by atoms with E-state index in [1.807, 2.05) is 18.2 Å². The van der Waals surface area contributed by atoms with Crippen LogP contribution in [0, 0.1) is 0 Å². The van der Waals surface area contributed by atoms with Crippen LogP contribution in [-0.4, -0.2) is 41.7 Å². The molecule has 0 unspecified atom stereocenters. The van der Waals surface area contributed by atoms with Crippen molar-refractivity contribution >= 4 is 11.9 Å². The Morgan fingerprint density at radius 2 is 1.72 bits per heavy atom. The zero-order valence-corrected chi connectivity index (χ0v) is 13.8. The van der Waals surface area contributed by atoms with Crippen LogP contribution in [0.25, 0.3) is 0 Å². The Labute approximate surface area is 145 Å². The first-order valence-electron chi connectivity index (χ1n) is 8.23. The van der Waals surface area contributed by atoms with Crippen LogP contribution >= 0.6 is 0 Å². The van der Waals surface area contributed by atoms with Gasteiger partial charge in [0, 0.05) is 25.2 Å². The molecule has 0 bridgehead atoms. The Hall–Kier alpha value is -2.73. The van der Waals surface area contributed by atoms with Crippen molar-refractivity contribution in [3.63, 3.8) is 0 Å². The van der Waals surface area contributed by atoms with Gasteiger partial charge in [-0.25, -0.2) is 9.78 Å². The van der Waals surface area contributed by atoms with Crippen molar-refractivity contribution in [2.45, 2.75) is 18.3 Å². The van der Waals surface area contributed by atoms with Gasteiger partial charge in [-0.1, -0.05) is 36.4 Å². The van der Waals surface area contributed by atoms with Crippen molar-refractivity contribution in [2.24, 2.45) is 0 Å². The second-order valence-corrected chi connectivity index (χ2v) is 6.15. The van der Waals surface area contributed by atoms with Crippen LogP contribution < -0.4 is 5.32 Å². The molecule has 1 aromatic carbocycles. The predicted octanol–water partition coefficient (Wildman–Crippen LogP) is 2.26. The summed E-state index contributed by atoms with van der Waals surface area (Å²) >= 11 is 0. The fourth-order valence-electron chi connectivity index (χ4n) is 3.14. The number of pyridine rings is 1. The topological polar surface area (TPSA) is 88.5 Å². The van der Waals surface area contributed by atoms with E-state index in [1.165, 1.54) is 23.8 Å². The van der Waals surface area contributed by atoms with Crippen LogP contribution in [0.1, 0.15) is 39.4 Å². The minimum Gasteiger partial charge on any atom is -0.477 e. The highest BCUT2D eigenvalue weighted by Gasteiger charge is 2.34. The van der Waals surface area contributed by atoms with Crippen molar-refractivity contribution in [3.05, 3.63) is 65.5 Å². The molecule has 130 valence electrons. The van der Waals surface area contributed by atoms with E-state index >= 15 is 0 Å². The Morgan fingerprint density at radius 3 is 2.40 bits per heavy atom. The lowest BCUT2D eigenvalue weighted by Crippen LogP contribution is -2.44. The van der Waals surface area contributed by atoms with Crippen LogP contribution in [-0.2, 0) is 10.2 Å². The molecule has 1 saturated heterocycles. The molecule has 2 aromatic rings. The van der Waals surface area contributed by atoms with Crippen LogP contribution in [0.3, 0.4) is 0 Å². The van der Waals surface area contributed by atoms with Crippen LogP contribution in [0.4, 0.5) is 0 Å². The van der Waals surface area contributed by atoms with E-state index in [9.17, 15) is 9.59 Å². The minimum atomic E-state index is -1.15. The quantitative estimate of drug-likeness (QED) is 0.871. The highest BCUT2D eigenvalue weighted by atomic mass is 16.5. The van der Waals surface area contributed by atoms with E-state index in [0.29, 0.717) is 19.8 Å². The first kappa shape index (κ1) is 17.1. The molecule has 3 rings (SSSR count). The van der Waals surface area contributed by atoms with Gasteiger partial charge in [0.05, 0.1) is 0 Å². The van der Waals surface area contributed by atoms with Gasteiger partial charge in [0.1, 0.15) is 11.4 Å². The Balaban J connectivity index is 1.76. The number of carbonyl (C=O) groups is 2. The van der Waals surface area contributed by atoms with E-state index in [4.69, 9.17) is 9.84 Å². The molecule has 25 heavy (non-hydrogen) atoms. The Kier molecular flexibility index (Phi) is 5.09. The van der Waals surface area contributed by atoms with E-state index in [-0.39, 0.29) is 22.7 Å². The lowest BCUT2D eigenvalue weighted by Gasteiger charge is -2.38. The molecule has 1 aromatic heterocycles. The van der Waals surface area contributed by atoms with Gasteiger partial charge in [0.25, 0.3) is 5.91 Å². The summed E-state index contributed by atoms with van der Waals surface area (Å²) in [6, 6.07) is 14.5.